The Kier molecular flexibility index (Phi) is 6.26. The van der Waals surface area contributed by atoms with Crippen LogP contribution in [0.5, 0.6) is 0 Å². The van der Waals surface area contributed by atoms with Gasteiger partial charge in [-0.3, -0.25) is 0 Å². The van der Waals surface area contributed by atoms with Crippen LogP contribution in [0.4, 0.5) is 0 Å². The van der Waals surface area contributed by atoms with Gasteiger partial charge >= 0.3 is 0 Å². The molecule has 0 amide bonds. The van der Waals surface area contributed by atoms with Gasteiger partial charge in [-0.25, -0.2) is 9.97 Å². The molecule has 10 rings (SSSR count). The van der Waals surface area contributed by atoms with Crippen LogP contribution in [-0.4, -0.2) is 9.97 Å². The summed E-state index contributed by atoms with van der Waals surface area (Å²) < 4.78 is 36.0. The average Bonchev–Trinajstić information content (AvgIpc) is 3.48. The van der Waals surface area contributed by atoms with Crippen LogP contribution < -0.4 is 0 Å². The zero-order chi connectivity index (χ0) is 39.0. The topological polar surface area (TPSA) is 25.8 Å². The molecule has 2 heteroatoms. The fourth-order valence-electron chi connectivity index (χ4n) is 8.10. The van der Waals surface area contributed by atoms with Crippen LogP contribution in [0.25, 0.3) is 88.8 Å². The second kappa shape index (κ2) is 12.3. The highest BCUT2D eigenvalue weighted by Crippen LogP contribution is 2.52. The number of aromatic nitrogens is 2. The molecule has 1 heterocycles. The third-order valence-electron chi connectivity index (χ3n) is 10.8. The van der Waals surface area contributed by atoms with Crippen molar-refractivity contribution in [1.29, 1.82) is 0 Å². The lowest BCUT2D eigenvalue weighted by molar-refractivity contribution is 0.661. The van der Waals surface area contributed by atoms with Gasteiger partial charge in [0.05, 0.1) is 16.9 Å². The fourth-order valence-corrected chi connectivity index (χ4v) is 8.10. The number of rotatable bonds is 5. The molecule has 1 aliphatic rings. The molecule has 0 fully saturated rings. The predicted molar refractivity (Wildman–Crippen MR) is 222 cm³/mol. The van der Waals surface area contributed by atoms with Gasteiger partial charge in [-0.1, -0.05) is 178 Å². The Morgan fingerprint density at radius 3 is 1.87 bits per heavy atom. The molecule has 0 spiro atoms. The van der Waals surface area contributed by atoms with Crippen LogP contribution in [0.2, 0.25) is 0 Å². The minimum Gasteiger partial charge on any atom is -0.228 e. The number of nitrogens with zero attached hydrogens (tertiary/aromatic N) is 2. The molecule has 0 atom stereocenters. The molecule has 0 N–H and O–H groups in total. The van der Waals surface area contributed by atoms with Crippen molar-refractivity contribution in [1.82, 2.24) is 9.97 Å². The molecule has 53 heavy (non-hydrogen) atoms. The first-order chi connectivity index (χ1) is 27.7. The molecule has 2 nitrogen and oxygen atoms in total. The first-order valence-corrected chi connectivity index (χ1v) is 18.0. The summed E-state index contributed by atoms with van der Waals surface area (Å²) in [6, 6.07) is 52.9. The monoisotopic (exact) mass is 680 g/mol. The van der Waals surface area contributed by atoms with E-state index in [2.05, 4.69) is 98.8 Å². The lowest BCUT2D eigenvalue weighted by atomic mass is 9.81. The van der Waals surface area contributed by atoms with Gasteiger partial charge in [0.25, 0.3) is 0 Å². The lowest BCUT2D eigenvalue weighted by Crippen LogP contribution is -2.15. The van der Waals surface area contributed by atoms with Crippen LogP contribution in [0.15, 0.2) is 182 Å². The summed E-state index contributed by atoms with van der Waals surface area (Å²) in [5.74, 6) is 0.450. The van der Waals surface area contributed by atoms with E-state index in [9.17, 15) is 1.37 Å². The quantitative estimate of drug-likeness (QED) is 0.181. The summed E-state index contributed by atoms with van der Waals surface area (Å²) in [4.78, 5) is 10.1. The Hall–Kier alpha value is -6.64. The van der Waals surface area contributed by atoms with Gasteiger partial charge < -0.3 is 0 Å². The highest BCUT2D eigenvalue weighted by molar-refractivity contribution is 6.06. The zero-order valence-electron chi connectivity index (χ0n) is 33.4. The summed E-state index contributed by atoms with van der Waals surface area (Å²) >= 11 is 0. The number of benzene rings is 8. The van der Waals surface area contributed by atoms with Gasteiger partial charge in [-0.05, 0) is 84.2 Å². The van der Waals surface area contributed by atoms with Crippen molar-refractivity contribution < 1.29 is 5.48 Å². The van der Waals surface area contributed by atoms with E-state index in [1.165, 1.54) is 33.0 Å². The Labute approximate surface area is 315 Å². The van der Waals surface area contributed by atoms with Crippen molar-refractivity contribution in [3.8, 4) is 67.3 Å². The molecule has 0 saturated heterocycles. The summed E-state index contributed by atoms with van der Waals surface area (Å²) in [5.41, 5.74) is 11.2. The normalized spacial score (nSPS) is 13.9. The summed E-state index contributed by atoms with van der Waals surface area (Å²) in [7, 11) is 0. The van der Waals surface area contributed by atoms with E-state index in [0.29, 0.717) is 28.3 Å². The van der Waals surface area contributed by atoms with Gasteiger partial charge in [-0.2, -0.15) is 0 Å². The SMILES string of the molecule is [2H]c1c([2H])c(-c2ccccc2)c([2H])c(-c2cc(-c3ccc(-c4ccc5c(c4)C(C)(C)c4ccc6ccccc6c4-5)c4ccccc34)nc(-c3ccccc3)n2)c1[2H]. The van der Waals surface area contributed by atoms with Gasteiger partial charge in [-0.15, -0.1) is 0 Å². The van der Waals surface area contributed by atoms with E-state index in [-0.39, 0.29) is 35.1 Å². The van der Waals surface area contributed by atoms with E-state index >= 15 is 0 Å². The zero-order valence-corrected chi connectivity index (χ0v) is 29.4. The molecule has 0 bridgehead atoms. The summed E-state index contributed by atoms with van der Waals surface area (Å²) in [6.45, 7) is 4.64. The van der Waals surface area contributed by atoms with E-state index in [1.807, 2.05) is 72.8 Å². The van der Waals surface area contributed by atoms with Crippen LogP contribution >= 0.6 is 0 Å². The summed E-state index contributed by atoms with van der Waals surface area (Å²) in [6.07, 6.45) is 0. The second-order valence-electron chi connectivity index (χ2n) is 14.2. The third-order valence-corrected chi connectivity index (χ3v) is 10.8. The molecular formula is C51H36N2. The van der Waals surface area contributed by atoms with E-state index in [1.54, 1.807) is 0 Å². The van der Waals surface area contributed by atoms with E-state index < -0.39 is 0 Å². The van der Waals surface area contributed by atoms with Crippen molar-refractivity contribution in [2.75, 3.05) is 0 Å². The van der Waals surface area contributed by atoms with Gasteiger partial charge in [0.1, 0.15) is 0 Å². The van der Waals surface area contributed by atoms with Gasteiger partial charge in [0.15, 0.2) is 5.82 Å². The summed E-state index contributed by atoms with van der Waals surface area (Å²) in [5, 5.41) is 4.62. The highest BCUT2D eigenvalue weighted by Gasteiger charge is 2.36. The van der Waals surface area contributed by atoms with Crippen LogP contribution in [0.3, 0.4) is 0 Å². The minimum atomic E-state index is -0.245. The maximum atomic E-state index is 9.38. The van der Waals surface area contributed by atoms with Gasteiger partial charge in [0.2, 0.25) is 0 Å². The van der Waals surface area contributed by atoms with E-state index in [4.69, 9.17) is 14.1 Å². The highest BCUT2D eigenvalue weighted by atomic mass is 14.9. The first-order valence-electron chi connectivity index (χ1n) is 20.0. The molecule has 1 aliphatic carbocycles. The Morgan fingerprint density at radius 1 is 0.453 bits per heavy atom. The minimum absolute atomic E-state index is 0.00857. The number of hydrogen-bond acceptors (Lipinski definition) is 2. The lowest BCUT2D eigenvalue weighted by Gasteiger charge is -2.22. The fraction of sp³-hybridized carbons (Fsp3) is 0.0588. The van der Waals surface area contributed by atoms with Gasteiger partial charge in [0, 0.05) is 22.1 Å². The molecule has 0 radical (unpaired) electrons. The Bertz CT molecular complexity index is 3080. The van der Waals surface area contributed by atoms with Crippen LogP contribution in [-0.2, 0) is 5.41 Å². The molecule has 9 aromatic rings. The number of fused-ring (bicyclic) bond motifs is 6. The van der Waals surface area contributed by atoms with E-state index in [0.717, 1.165) is 33.0 Å². The molecule has 250 valence electrons. The molecule has 0 unspecified atom stereocenters. The molecule has 0 saturated carbocycles. The second-order valence-corrected chi connectivity index (χ2v) is 14.2. The predicted octanol–water partition coefficient (Wildman–Crippen LogP) is 13.4. The van der Waals surface area contributed by atoms with Crippen LogP contribution in [0.1, 0.15) is 30.5 Å². The third kappa shape index (κ3) is 5.18. The molecular weight excluding hydrogens is 641 g/mol. The standard InChI is InChI=1S/C51H36N2/c1-51(2)45-29-25-34-16-9-10-21-40(34)49(45)44-26-24-37(31-46(44)51)39-27-28-43(42-23-12-11-22-41(39)42)48-32-47(52-50(53-48)35-17-7-4-8-18-35)38-20-13-19-36(30-38)33-14-5-3-6-15-33/h3-32H,1-2H3/i13D,19D,20D,30D. The van der Waals surface area contributed by atoms with Crippen molar-refractivity contribution in [2.24, 2.45) is 0 Å². The first kappa shape index (κ1) is 27.1. The maximum Gasteiger partial charge on any atom is 0.160 e. The van der Waals surface area contributed by atoms with Crippen molar-refractivity contribution >= 4 is 21.5 Å². The smallest absolute Gasteiger partial charge is 0.160 e. The van der Waals surface area contributed by atoms with Crippen molar-refractivity contribution in [3.05, 3.63) is 193 Å². The molecule has 8 aromatic carbocycles. The largest absolute Gasteiger partial charge is 0.228 e. The maximum absolute atomic E-state index is 9.38. The van der Waals surface area contributed by atoms with Crippen molar-refractivity contribution in [2.45, 2.75) is 19.3 Å². The Balaban J connectivity index is 1.16. The molecule has 0 aliphatic heterocycles. The average molecular weight is 681 g/mol. The van der Waals surface area contributed by atoms with Crippen molar-refractivity contribution in [3.63, 3.8) is 0 Å². The Morgan fingerprint density at radius 2 is 1.08 bits per heavy atom. The van der Waals surface area contributed by atoms with Crippen LogP contribution in [0, 0.1) is 0 Å². The molecule has 1 aromatic heterocycles. The number of hydrogen-bond donors (Lipinski definition) is 0.